The third-order valence-electron chi connectivity index (χ3n) is 4.48. The molecule has 1 atom stereocenters. The average molecular weight is 401 g/mol. The van der Waals surface area contributed by atoms with Crippen LogP contribution in [0.3, 0.4) is 0 Å². The molecule has 1 aliphatic rings. The van der Waals surface area contributed by atoms with Gasteiger partial charge in [0.05, 0.1) is 27.4 Å². The van der Waals surface area contributed by atoms with Gasteiger partial charge in [0, 0.05) is 32.1 Å². The van der Waals surface area contributed by atoms with E-state index in [1.807, 2.05) is 23.1 Å². The summed E-state index contributed by atoms with van der Waals surface area (Å²) in [5, 5.41) is 3.36. The molecule has 2 rings (SSSR count). The standard InChI is InChI=1S/C20H32N2O4.ClH/c1-15(2)13-22(20(23)12-17-14-26-10-8-21-17)9-7-16-5-6-18(24-3)19(11-16)25-4;/h5-6,11,15,17,21H,7-10,12-14H2,1-4H3;1H. The van der Waals surface area contributed by atoms with Crippen molar-refractivity contribution in [1.82, 2.24) is 10.2 Å². The Morgan fingerprint density at radius 3 is 2.63 bits per heavy atom. The van der Waals surface area contributed by atoms with Gasteiger partial charge in [-0.25, -0.2) is 0 Å². The molecule has 1 fully saturated rings. The van der Waals surface area contributed by atoms with Gasteiger partial charge in [-0.05, 0) is 30.0 Å². The predicted molar refractivity (Wildman–Crippen MR) is 109 cm³/mol. The molecular formula is C20H33ClN2O4. The van der Waals surface area contributed by atoms with E-state index in [0.29, 0.717) is 25.5 Å². The van der Waals surface area contributed by atoms with Crippen molar-refractivity contribution in [3.63, 3.8) is 0 Å². The molecule has 1 unspecified atom stereocenters. The van der Waals surface area contributed by atoms with E-state index in [1.165, 1.54) is 0 Å². The van der Waals surface area contributed by atoms with Gasteiger partial charge in [0.15, 0.2) is 11.5 Å². The maximum Gasteiger partial charge on any atom is 0.224 e. The minimum absolute atomic E-state index is 0. The number of rotatable bonds is 9. The van der Waals surface area contributed by atoms with Crippen molar-refractivity contribution in [2.75, 3.05) is 47.1 Å². The zero-order chi connectivity index (χ0) is 18.9. The third-order valence-corrected chi connectivity index (χ3v) is 4.48. The average Bonchev–Trinajstić information content (AvgIpc) is 2.65. The topological polar surface area (TPSA) is 60.0 Å². The van der Waals surface area contributed by atoms with Crippen LogP contribution >= 0.6 is 12.4 Å². The molecule has 6 nitrogen and oxygen atoms in total. The summed E-state index contributed by atoms with van der Waals surface area (Å²) in [5.41, 5.74) is 1.13. The Kier molecular flexibility index (Phi) is 10.5. The molecule has 0 saturated carbocycles. The fraction of sp³-hybridized carbons (Fsp3) is 0.650. The second-order valence-corrected chi connectivity index (χ2v) is 7.10. The van der Waals surface area contributed by atoms with Crippen molar-refractivity contribution < 1.29 is 19.0 Å². The van der Waals surface area contributed by atoms with Gasteiger partial charge in [-0.1, -0.05) is 19.9 Å². The highest BCUT2D eigenvalue weighted by Gasteiger charge is 2.21. The van der Waals surface area contributed by atoms with E-state index in [0.717, 1.165) is 43.2 Å². The van der Waals surface area contributed by atoms with E-state index in [-0.39, 0.29) is 24.4 Å². The lowest BCUT2D eigenvalue weighted by Gasteiger charge is -2.29. The molecule has 1 N–H and O–H groups in total. The molecular weight excluding hydrogens is 368 g/mol. The van der Waals surface area contributed by atoms with E-state index >= 15 is 0 Å². The Labute approximate surface area is 168 Å². The second kappa shape index (κ2) is 12.1. The van der Waals surface area contributed by atoms with Gasteiger partial charge in [0.25, 0.3) is 0 Å². The molecule has 1 amide bonds. The lowest BCUT2D eigenvalue weighted by Crippen LogP contribution is -2.46. The Balaban J connectivity index is 0.00000364. The minimum Gasteiger partial charge on any atom is -0.493 e. The van der Waals surface area contributed by atoms with Gasteiger partial charge in [-0.3, -0.25) is 4.79 Å². The largest absolute Gasteiger partial charge is 0.493 e. The van der Waals surface area contributed by atoms with Crippen molar-refractivity contribution in [2.24, 2.45) is 5.92 Å². The Hall–Kier alpha value is -1.50. The highest BCUT2D eigenvalue weighted by Crippen LogP contribution is 2.27. The minimum atomic E-state index is 0. The monoisotopic (exact) mass is 400 g/mol. The molecule has 1 aliphatic heterocycles. The number of hydrogen-bond donors (Lipinski definition) is 1. The van der Waals surface area contributed by atoms with Crippen LogP contribution in [0.5, 0.6) is 11.5 Å². The summed E-state index contributed by atoms with van der Waals surface area (Å²) in [7, 11) is 3.26. The first-order valence-electron chi connectivity index (χ1n) is 9.33. The van der Waals surface area contributed by atoms with Gasteiger partial charge in [-0.15, -0.1) is 12.4 Å². The Morgan fingerprint density at radius 1 is 1.30 bits per heavy atom. The number of morpholine rings is 1. The molecule has 0 spiro atoms. The molecule has 1 aromatic rings. The van der Waals surface area contributed by atoms with Crippen molar-refractivity contribution in [3.05, 3.63) is 23.8 Å². The molecule has 1 aromatic carbocycles. The van der Waals surface area contributed by atoms with Crippen LogP contribution in [-0.2, 0) is 16.0 Å². The number of halogens is 1. The number of carbonyl (C=O) groups is 1. The number of methoxy groups -OCH3 is 2. The third kappa shape index (κ3) is 7.56. The number of ether oxygens (including phenoxy) is 3. The maximum absolute atomic E-state index is 12.8. The second-order valence-electron chi connectivity index (χ2n) is 7.10. The van der Waals surface area contributed by atoms with E-state index < -0.39 is 0 Å². The molecule has 0 radical (unpaired) electrons. The summed E-state index contributed by atoms with van der Waals surface area (Å²) >= 11 is 0. The first kappa shape index (κ1) is 23.5. The summed E-state index contributed by atoms with van der Waals surface area (Å²) in [6.45, 7) is 7.88. The van der Waals surface area contributed by atoms with Crippen LogP contribution in [0.2, 0.25) is 0 Å². The fourth-order valence-electron chi connectivity index (χ4n) is 3.15. The number of benzene rings is 1. The zero-order valence-corrected chi connectivity index (χ0v) is 17.6. The van der Waals surface area contributed by atoms with Crippen LogP contribution in [0.25, 0.3) is 0 Å². The van der Waals surface area contributed by atoms with E-state index in [9.17, 15) is 4.79 Å². The molecule has 154 valence electrons. The summed E-state index contributed by atoms with van der Waals surface area (Å²) in [4.78, 5) is 14.7. The smallest absolute Gasteiger partial charge is 0.224 e. The van der Waals surface area contributed by atoms with Crippen LogP contribution in [0, 0.1) is 5.92 Å². The Morgan fingerprint density at radius 2 is 2.04 bits per heavy atom. The van der Waals surface area contributed by atoms with Crippen molar-refractivity contribution in [1.29, 1.82) is 0 Å². The first-order chi connectivity index (χ1) is 12.5. The molecule has 27 heavy (non-hydrogen) atoms. The highest BCUT2D eigenvalue weighted by atomic mass is 35.5. The van der Waals surface area contributed by atoms with Crippen LogP contribution in [0.1, 0.15) is 25.8 Å². The molecule has 0 aromatic heterocycles. The molecule has 1 heterocycles. The fourth-order valence-corrected chi connectivity index (χ4v) is 3.15. The summed E-state index contributed by atoms with van der Waals surface area (Å²) in [5.74, 6) is 2.05. The number of nitrogens with one attached hydrogen (secondary N) is 1. The molecule has 0 aliphatic carbocycles. The Bertz CT molecular complexity index is 577. The summed E-state index contributed by atoms with van der Waals surface area (Å²) in [6.07, 6.45) is 1.27. The first-order valence-corrected chi connectivity index (χ1v) is 9.33. The van der Waals surface area contributed by atoms with Gasteiger partial charge < -0.3 is 24.4 Å². The van der Waals surface area contributed by atoms with E-state index in [2.05, 4.69) is 19.2 Å². The number of hydrogen-bond acceptors (Lipinski definition) is 5. The van der Waals surface area contributed by atoms with Gasteiger partial charge in [0.1, 0.15) is 0 Å². The van der Waals surface area contributed by atoms with Crippen LogP contribution in [0.4, 0.5) is 0 Å². The molecule has 7 heteroatoms. The molecule has 0 bridgehead atoms. The van der Waals surface area contributed by atoms with Crippen LogP contribution in [0.15, 0.2) is 18.2 Å². The molecule has 1 saturated heterocycles. The van der Waals surface area contributed by atoms with Gasteiger partial charge >= 0.3 is 0 Å². The van der Waals surface area contributed by atoms with Gasteiger partial charge in [0.2, 0.25) is 5.91 Å². The SMILES string of the molecule is COc1ccc(CCN(CC(C)C)C(=O)CC2COCCN2)cc1OC.Cl. The number of nitrogens with zero attached hydrogens (tertiary/aromatic N) is 1. The lowest BCUT2D eigenvalue weighted by atomic mass is 10.1. The number of amides is 1. The highest BCUT2D eigenvalue weighted by molar-refractivity contribution is 5.85. The van der Waals surface area contributed by atoms with Crippen molar-refractivity contribution in [2.45, 2.75) is 32.7 Å². The predicted octanol–water partition coefficient (Wildman–Crippen LogP) is 2.53. The van der Waals surface area contributed by atoms with Gasteiger partial charge in [-0.2, -0.15) is 0 Å². The van der Waals surface area contributed by atoms with E-state index in [1.54, 1.807) is 14.2 Å². The normalized spacial score (nSPS) is 16.6. The van der Waals surface area contributed by atoms with E-state index in [4.69, 9.17) is 14.2 Å². The van der Waals surface area contributed by atoms with Crippen molar-refractivity contribution in [3.8, 4) is 11.5 Å². The van der Waals surface area contributed by atoms with Crippen LogP contribution < -0.4 is 14.8 Å². The van der Waals surface area contributed by atoms with Crippen molar-refractivity contribution >= 4 is 18.3 Å². The summed E-state index contributed by atoms with van der Waals surface area (Å²) in [6, 6.07) is 6.03. The number of carbonyl (C=O) groups excluding carboxylic acids is 1. The lowest BCUT2D eigenvalue weighted by molar-refractivity contribution is -0.133. The summed E-state index contributed by atoms with van der Waals surface area (Å²) < 4.78 is 16.1. The zero-order valence-electron chi connectivity index (χ0n) is 16.8. The maximum atomic E-state index is 12.8. The van der Waals surface area contributed by atoms with Crippen LogP contribution in [-0.4, -0.2) is 63.9 Å². The quantitative estimate of drug-likeness (QED) is 0.690.